The van der Waals surface area contributed by atoms with Crippen LogP contribution in [0, 0.1) is 11.8 Å². The summed E-state index contributed by atoms with van der Waals surface area (Å²) in [6, 6.07) is 3.14. The van der Waals surface area contributed by atoms with E-state index in [2.05, 4.69) is 10.3 Å². The van der Waals surface area contributed by atoms with E-state index in [0.29, 0.717) is 6.54 Å². The number of hydrogen-bond acceptors (Lipinski definition) is 3. The van der Waals surface area contributed by atoms with Crippen LogP contribution >= 0.6 is 11.3 Å². The molecule has 0 aliphatic carbocycles. The molecule has 2 aromatic heterocycles. The molecule has 1 N–H and O–H groups in total. The van der Waals surface area contributed by atoms with Crippen molar-refractivity contribution in [2.45, 2.75) is 19.9 Å². The van der Waals surface area contributed by atoms with Crippen molar-refractivity contribution in [2.75, 3.05) is 0 Å². The fourth-order valence-electron chi connectivity index (χ4n) is 1.69. The number of rotatable bonds is 4. The maximum absolute atomic E-state index is 13.4. The third kappa shape index (κ3) is 2.96. The number of hydrogen-bond donors (Lipinski definition) is 1. The molecule has 0 unspecified atom stereocenters. The van der Waals surface area contributed by atoms with E-state index >= 15 is 0 Å². The Balaban J connectivity index is 2.08. The smallest absolute Gasteiger partial charge is 0.254 e. The number of nitrogens with zero attached hydrogens (tertiary/aromatic N) is 1. The number of carbonyl (C=O) groups is 1. The minimum atomic E-state index is -1.27. The lowest BCUT2D eigenvalue weighted by atomic mass is 10.2. The zero-order chi connectivity index (χ0) is 13.8. The predicted octanol–water partition coefficient (Wildman–Crippen LogP) is 2.91. The Hall–Kier alpha value is -1.82. The molecular weight excluding hydrogens is 270 g/mol. The predicted molar refractivity (Wildman–Crippen MR) is 69.0 cm³/mol. The average Bonchev–Trinajstić information content (AvgIpc) is 2.86. The number of pyridine rings is 1. The summed E-state index contributed by atoms with van der Waals surface area (Å²) >= 11 is 1.52. The number of nitrogens with one attached hydrogen (secondary N) is 1. The van der Waals surface area contributed by atoms with Gasteiger partial charge in [0.2, 0.25) is 5.95 Å². The van der Waals surface area contributed by atoms with E-state index in [1.165, 1.54) is 11.3 Å². The molecule has 0 radical (unpaired) electrons. The van der Waals surface area contributed by atoms with Crippen LogP contribution in [0.2, 0.25) is 0 Å². The topological polar surface area (TPSA) is 42.0 Å². The van der Waals surface area contributed by atoms with Gasteiger partial charge in [-0.05, 0) is 29.5 Å². The molecule has 2 heterocycles. The molecule has 0 aromatic carbocycles. The fourth-order valence-corrected chi connectivity index (χ4v) is 2.60. The molecule has 1 amide bonds. The molecular formula is C13H12F2N2OS. The summed E-state index contributed by atoms with van der Waals surface area (Å²) in [5.41, 5.74) is 0.814. The minimum Gasteiger partial charge on any atom is -0.347 e. The summed E-state index contributed by atoms with van der Waals surface area (Å²) < 4.78 is 26.3. The second-order valence-corrected chi connectivity index (χ2v) is 4.87. The van der Waals surface area contributed by atoms with Gasteiger partial charge in [-0.15, -0.1) is 11.3 Å². The van der Waals surface area contributed by atoms with Gasteiger partial charge in [-0.3, -0.25) is 4.79 Å². The Morgan fingerprint density at radius 3 is 2.95 bits per heavy atom. The fraction of sp³-hybridized carbons (Fsp3) is 0.231. The van der Waals surface area contributed by atoms with E-state index in [9.17, 15) is 13.6 Å². The van der Waals surface area contributed by atoms with Gasteiger partial charge in [0, 0.05) is 11.1 Å². The molecule has 19 heavy (non-hydrogen) atoms. The molecule has 0 bridgehead atoms. The van der Waals surface area contributed by atoms with Gasteiger partial charge < -0.3 is 5.32 Å². The Morgan fingerprint density at radius 1 is 1.42 bits per heavy atom. The van der Waals surface area contributed by atoms with Crippen LogP contribution in [0.25, 0.3) is 0 Å². The van der Waals surface area contributed by atoms with Crippen molar-refractivity contribution in [2.24, 2.45) is 0 Å². The molecule has 0 aliphatic heterocycles. The second-order valence-electron chi connectivity index (χ2n) is 3.87. The summed E-state index contributed by atoms with van der Waals surface area (Å²) in [4.78, 5) is 15.9. The first-order valence-electron chi connectivity index (χ1n) is 5.77. The largest absolute Gasteiger partial charge is 0.347 e. The van der Waals surface area contributed by atoms with Gasteiger partial charge in [0.25, 0.3) is 5.91 Å². The van der Waals surface area contributed by atoms with Crippen molar-refractivity contribution in [3.8, 4) is 0 Å². The summed E-state index contributed by atoms with van der Waals surface area (Å²) in [5.74, 6) is -3.13. The van der Waals surface area contributed by atoms with Crippen LogP contribution in [0.4, 0.5) is 8.78 Å². The number of thiophene rings is 1. The zero-order valence-electron chi connectivity index (χ0n) is 10.2. The number of halogens is 2. The first-order valence-corrected chi connectivity index (χ1v) is 6.65. The first-order chi connectivity index (χ1) is 9.13. The molecule has 0 spiro atoms. The van der Waals surface area contributed by atoms with Crippen LogP contribution in [0.3, 0.4) is 0 Å². The van der Waals surface area contributed by atoms with E-state index in [1.807, 2.05) is 18.4 Å². The lowest BCUT2D eigenvalue weighted by Gasteiger charge is -2.06. The summed E-state index contributed by atoms with van der Waals surface area (Å²) in [5, 5.41) is 4.52. The molecule has 0 saturated heterocycles. The number of aromatic nitrogens is 1. The number of carbonyl (C=O) groups excluding carboxylic acids is 1. The van der Waals surface area contributed by atoms with Crippen molar-refractivity contribution in [3.05, 3.63) is 51.5 Å². The van der Waals surface area contributed by atoms with E-state index in [-0.39, 0.29) is 5.56 Å². The lowest BCUT2D eigenvalue weighted by molar-refractivity contribution is 0.0945. The van der Waals surface area contributed by atoms with Crippen LogP contribution in [0.15, 0.2) is 23.7 Å². The number of aryl methyl sites for hydroxylation is 1. The normalized spacial score (nSPS) is 10.5. The highest BCUT2D eigenvalue weighted by atomic mass is 32.1. The molecule has 6 heteroatoms. The Kier molecular flexibility index (Phi) is 4.21. The third-order valence-corrected chi connectivity index (χ3v) is 3.68. The van der Waals surface area contributed by atoms with Crippen LogP contribution in [0.5, 0.6) is 0 Å². The molecule has 0 saturated carbocycles. The second kappa shape index (κ2) is 5.88. The average molecular weight is 282 g/mol. The van der Waals surface area contributed by atoms with Gasteiger partial charge in [-0.1, -0.05) is 6.92 Å². The third-order valence-electron chi connectivity index (χ3n) is 2.72. The van der Waals surface area contributed by atoms with Crippen molar-refractivity contribution >= 4 is 17.2 Å². The Morgan fingerprint density at radius 2 is 2.21 bits per heavy atom. The van der Waals surface area contributed by atoms with E-state index in [4.69, 9.17) is 0 Å². The summed E-state index contributed by atoms with van der Waals surface area (Å²) in [7, 11) is 0. The van der Waals surface area contributed by atoms with Gasteiger partial charge in [-0.2, -0.15) is 4.39 Å². The highest BCUT2D eigenvalue weighted by molar-refractivity contribution is 7.10. The van der Waals surface area contributed by atoms with Gasteiger partial charge >= 0.3 is 0 Å². The zero-order valence-corrected chi connectivity index (χ0v) is 11.1. The van der Waals surface area contributed by atoms with Gasteiger partial charge in [0.15, 0.2) is 5.82 Å². The standard InChI is InChI=1S/C13H12F2N2OS/c1-2-8-4-6-19-10(8)7-17-13(18)9-3-5-16-12(15)11(9)14/h3-6H,2,7H2,1H3,(H,17,18). The van der Waals surface area contributed by atoms with E-state index in [1.54, 1.807) is 0 Å². The quantitative estimate of drug-likeness (QED) is 0.876. The van der Waals surface area contributed by atoms with E-state index < -0.39 is 17.7 Å². The molecule has 0 aliphatic rings. The Labute approximate surface area is 113 Å². The van der Waals surface area contributed by atoms with Gasteiger partial charge in [0.05, 0.1) is 12.1 Å². The highest BCUT2D eigenvalue weighted by Crippen LogP contribution is 2.17. The molecule has 0 atom stereocenters. The van der Waals surface area contributed by atoms with E-state index in [0.717, 1.165) is 29.1 Å². The van der Waals surface area contributed by atoms with Crippen molar-refractivity contribution in [1.29, 1.82) is 0 Å². The minimum absolute atomic E-state index is 0.309. The lowest BCUT2D eigenvalue weighted by Crippen LogP contribution is -2.24. The summed E-state index contributed by atoms with van der Waals surface area (Å²) in [6.07, 6.45) is 1.93. The van der Waals surface area contributed by atoms with Gasteiger partial charge in [0.1, 0.15) is 0 Å². The molecule has 2 aromatic rings. The maximum Gasteiger partial charge on any atom is 0.254 e. The first kappa shape index (κ1) is 13.6. The molecule has 100 valence electrons. The van der Waals surface area contributed by atoms with Crippen LogP contribution < -0.4 is 5.32 Å². The SMILES string of the molecule is CCc1ccsc1CNC(=O)c1ccnc(F)c1F. The van der Waals surface area contributed by atoms with Gasteiger partial charge in [-0.25, -0.2) is 9.37 Å². The van der Waals surface area contributed by atoms with Crippen molar-refractivity contribution in [1.82, 2.24) is 10.3 Å². The van der Waals surface area contributed by atoms with Crippen LogP contribution in [0.1, 0.15) is 27.7 Å². The summed E-state index contributed by atoms with van der Waals surface area (Å²) in [6.45, 7) is 2.33. The molecule has 2 rings (SSSR count). The van der Waals surface area contributed by atoms with Crippen molar-refractivity contribution < 1.29 is 13.6 Å². The monoisotopic (exact) mass is 282 g/mol. The maximum atomic E-state index is 13.4. The molecule has 0 fully saturated rings. The van der Waals surface area contributed by atoms with Crippen LogP contribution in [-0.4, -0.2) is 10.9 Å². The number of amides is 1. The van der Waals surface area contributed by atoms with Crippen molar-refractivity contribution in [3.63, 3.8) is 0 Å². The van der Waals surface area contributed by atoms with Crippen LogP contribution in [-0.2, 0) is 13.0 Å². The highest BCUT2D eigenvalue weighted by Gasteiger charge is 2.16. The Bertz CT molecular complexity index is 598. The molecule has 3 nitrogen and oxygen atoms in total.